The normalized spacial score (nSPS) is 12.0. The van der Waals surface area contributed by atoms with Gasteiger partial charge in [0.25, 0.3) is 0 Å². The van der Waals surface area contributed by atoms with Crippen molar-refractivity contribution in [3.8, 4) is 5.88 Å². The summed E-state index contributed by atoms with van der Waals surface area (Å²) in [6.07, 6.45) is 0.760. The molecule has 1 atom stereocenters. The smallest absolute Gasteiger partial charge is 0.218 e. The number of rotatable bonds is 8. The van der Waals surface area contributed by atoms with Gasteiger partial charge in [0.15, 0.2) is 0 Å². The largest absolute Gasteiger partial charge is 0.475 e. The van der Waals surface area contributed by atoms with Crippen LogP contribution in [0.3, 0.4) is 0 Å². The minimum Gasteiger partial charge on any atom is -0.475 e. The molecule has 0 aliphatic carbocycles. The van der Waals surface area contributed by atoms with Crippen molar-refractivity contribution in [3.05, 3.63) is 47.8 Å². The van der Waals surface area contributed by atoms with Crippen LogP contribution in [0, 0.1) is 0 Å². The predicted molar refractivity (Wildman–Crippen MR) is 87.3 cm³/mol. The Balaban J connectivity index is 2.10. The standard InChI is InChI=1S/C17H23N3O2/c1-4-15-19-16(12-17(20-15)22-11-10-21-3)18-13(2)14-8-6-5-7-9-14/h5-9,12-13H,4,10-11H2,1-3H3,(H,18,19,20). The lowest BCUT2D eigenvalue weighted by molar-refractivity contribution is 0.143. The van der Waals surface area contributed by atoms with Crippen LogP contribution >= 0.6 is 0 Å². The van der Waals surface area contributed by atoms with Crippen molar-refractivity contribution in [2.24, 2.45) is 0 Å². The summed E-state index contributed by atoms with van der Waals surface area (Å²) in [6.45, 7) is 5.15. The van der Waals surface area contributed by atoms with Gasteiger partial charge >= 0.3 is 0 Å². The van der Waals surface area contributed by atoms with Crippen LogP contribution < -0.4 is 10.1 Å². The Morgan fingerprint density at radius 3 is 2.59 bits per heavy atom. The molecule has 2 aromatic rings. The molecule has 1 aromatic carbocycles. The number of methoxy groups -OCH3 is 1. The molecule has 5 heteroatoms. The third-order valence-corrected chi connectivity index (χ3v) is 3.27. The highest BCUT2D eigenvalue weighted by atomic mass is 16.5. The number of aromatic nitrogens is 2. The zero-order valence-corrected chi connectivity index (χ0v) is 13.4. The SMILES string of the molecule is CCc1nc(NC(C)c2ccccc2)cc(OCCOC)n1. The zero-order chi connectivity index (χ0) is 15.8. The van der Waals surface area contributed by atoms with Gasteiger partial charge in [0.05, 0.1) is 6.61 Å². The molecule has 5 nitrogen and oxygen atoms in total. The van der Waals surface area contributed by atoms with Gasteiger partial charge in [0, 0.05) is 25.6 Å². The number of hydrogen-bond donors (Lipinski definition) is 1. The quantitative estimate of drug-likeness (QED) is 0.759. The first-order chi connectivity index (χ1) is 10.7. The summed E-state index contributed by atoms with van der Waals surface area (Å²) in [7, 11) is 1.65. The summed E-state index contributed by atoms with van der Waals surface area (Å²) in [5.41, 5.74) is 1.21. The molecule has 0 fully saturated rings. The number of hydrogen-bond acceptors (Lipinski definition) is 5. The first-order valence-corrected chi connectivity index (χ1v) is 7.54. The maximum absolute atomic E-state index is 5.60. The van der Waals surface area contributed by atoms with Crippen molar-refractivity contribution < 1.29 is 9.47 Å². The number of anilines is 1. The van der Waals surface area contributed by atoms with Crippen LogP contribution in [0.2, 0.25) is 0 Å². The van der Waals surface area contributed by atoms with E-state index >= 15 is 0 Å². The Labute approximate surface area is 131 Å². The monoisotopic (exact) mass is 301 g/mol. The number of ether oxygens (including phenoxy) is 2. The second-order valence-electron chi connectivity index (χ2n) is 4.98. The molecule has 0 amide bonds. The molecule has 1 heterocycles. The number of nitrogens with one attached hydrogen (secondary N) is 1. The van der Waals surface area contributed by atoms with Crippen LogP contribution in [0.25, 0.3) is 0 Å². The third kappa shape index (κ3) is 4.70. The molecule has 0 saturated heterocycles. The highest BCUT2D eigenvalue weighted by Gasteiger charge is 2.09. The van der Waals surface area contributed by atoms with Gasteiger partial charge in [-0.15, -0.1) is 0 Å². The molecular formula is C17H23N3O2. The Morgan fingerprint density at radius 2 is 1.91 bits per heavy atom. The lowest BCUT2D eigenvalue weighted by Gasteiger charge is -2.16. The molecule has 0 aliphatic heterocycles. The van der Waals surface area contributed by atoms with Crippen LogP contribution in [0.15, 0.2) is 36.4 Å². The third-order valence-electron chi connectivity index (χ3n) is 3.27. The van der Waals surface area contributed by atoms with Gasteiger partial charge in [0.1, 0.15) is 18.2 Å². The van der Waals surface area contributed by atoms with Crippen molar-refractivity contribution in [1.82, 2.24) is 9.97 Å². The van der Waals surface area contributed by atoms with Crippen LogP contribution in [0.5, 0.6) is 5.88 Å². The zero-order valence-electron chi connectivity index (χ0n) is 13.4. The summed E-state index contributed by atoms with van der Waals surface area (Å²) in [5, 5.41) is 3.40. The van der Waals surface area contributed by atoms with Crippen LogP contribution in [0.4, 0.5) is 5.82 Å². The minimum absolute atomic E-state index is 0.160. The van der Waals surface area contributed by atoms with Crippen LogP contribution in [-0.2, 0) is 11.2 Å². The molecule has 2 rings (SSSR count). The van der Waals surface area contributed by atoms with Crippen LogP contribution in [0.1, 0.15) is 31.3 Å². The number of benzene rings is 1. The van der Waals surface area contributed by atoms with E-state index in [1.54, 1.807) is 7.11 Å². The van der Waals surface area contributed by atoms with E-state index in [4.69, 9.17) is 9.47 Å². The Morgan fingerprint density at radius 1 is 1.14 bits per heavy atom. The van der Waals surface area contributed by atoms with E-state index in [1.165, 1.54) is 5.56 Å². The first kappa shape index (κ1) is 16.2. The molecule has 118 valence electrons. The molecule has 1 unspecified atom stereocenters. The first-order valence-electron chi connectivity index (χ1n) is 7.54. The summed E-state index contributed by atoms with van der Waals surface area (Å²) in [5.74, 6) is 2.11. The van der Waals surface area contributed by atoms with Crippen molar-refractivity contribution in [1.29, 1.82) is 0 Å². The molecule has 0 spiro atoms. The number of nitrogens with zero attached hydrogens (tertiary/aromatic N) is 2. The molecule has 1 aromatic heterocycles. The lowest BCUT2D eigenvalue weighted by Crippen LogP contribution is -2.11. The van der Waals surface area contributed by atoms with Gasteiger partial charge in [-0.25, -0.2) is 4.98 Å². The van der Waals surface area contributed by atoms with E-state index in [0.29, 0.717) is 19.1 Å². The molecule has 0 radical (unpaired) electrons. The highest BCUT2D eigenvalue weighted by Crippen LogP contribution is 2.20. The van der Waals surface area contributed by atoms with Crippen molar-refractivity contribution in [2.45, 2.75) is 26.3 Å². The van der Waals surface area contributed by atoms with Gasteiger partial charge < -0.3 is 14.8 Å². The average Bonchev–Trinajstić information content (AvgIpc) is 2.55. The molecular weight excluding hydrogens is 278 g/mol. The summed E-state index contributed by atoms with van der Waals surface area (Å²) in [6, 6.07) is 12.2. The van der Waals surface area contributed by atoms with Gasteiger partial charge in [-0.1, -0.05) is 37.3 Å². The van der Waals surface area contributed by atoms with Gasteiger partial charge in [0.2, 0.25) is 5.88 Å². The second-order valence-corrected chi connectivity index (χ2v) is 4.98. The minimum atomic E-state index is 0.160. The van der Waals surface area contributed by atoms with E-state index in [2.05, 4.69) is 34.3 Å². The fourth-order valence-corrected chi connectivity index (χ4v) is 2.06. The summed E-state index contributed by atoms with van der Waals surface area (Å²) < 4.78 is 10.6. The Kier molecular flexibility index (Phi) is 6.15. The fourth-order valence-electron chi connectivity index (χ4n) is 2.06. The molecule has 1 N–H and O–H groups in total. The van der Waals surface area contributed by atoms with E-state index in [-0.39, 0.29) is 6.04 Å². The lowest BCUT2D eigenvalue weighted by atomic mass is 10.1. The molecule has 0 bridgehead atoms. The number of aryl methyl sites for hydroxylation is 1. The van der Waals surface area contributed by atoms with E-state index in [1.807, 2.05) is 31.2 Å². The highest BCUT2D eigenvalue weighted by molar-refractivity contribution is 5.41. The summed E-state index contributed by atoms with van der Waals surface area (Å²) in [4.78, 5) is 8.89. The molecule has 0 aliphatic rings. The van der Waals surface area contributed by atoms with Crippen LogP contribution in [-0.4, -0.2) is 30.3 Å². The molecule has 0 saturated carbocycles. The van der Waals surface area contributed by atoms with Crippen molar-refractivity contribution in [3.63, 3.8) is 0 Å². The van der Waals surface area contributed by atoms with E-state index in [9.17, 15) is 0 Å². The fraction of sp³-hybridized carbons (Fsp3) is 0.412. The van der Waals surface area contributed by atoms with Gasteiger partial charge in [-0.2, -0.15) is 4.98 Å². The van der Waals surface area contributed by atoms with Gasteiger partial charge in [-0.3, -0.25) is 0 Å². The van der Waals surface area contributed by atoms with E-state index < -0.39 is 0 Å². The Bertz CT molecular complexity index is 575. The summed E-state index contributed by atoms with van der Waals surface area (Å²) >= 11 is 0. The maximum atomic E-state index is 5.60. The topological polar surface area (TPSA) is 56.3 Å². The average molecular weight is 301 g/mol. The second kappa shape index (κ2) is 8.34. The Hall–Kier alpha value is -2.14. The van der Waals surface area contributed by atoms with Gasteiger partial charge in [-0.05, 0) is 12.5 Å². The maximum Gasteiger partial charge on any atom is 0.218 e. The molecule has 22 heavy (non-hydrogen) atoms. The van der Waals surface area contributed by atoms with Crippen molar-refractivity contribution in [2.75, 3.05) is 25.6 Å². The van der Waals surface area contributed by atoms with E-state index in [0.717, 1.165) is 18.1 Å². The predicted octanol–water partition coefficient (Wildman–Crippen LogP) is 3.24. The van der Waals surface area contributed by atoms with Crippen molar-refractivity contribution >= 4 is 5.82 Å².